The monoisotopic (exact) mass is 479 g/mol. The molecule has 1 aliphatic heterocycles. The van der Waals surface area contributed by atoms with Gasteiger partial charge in [-0.25, -0.2) is 4.79 Å². The lowest BCUT2D eigenvalue weighted by atomic mass is 10.1. The first-order valence-corrected chi connectivity index (χ1v) is 12.2. The number of carbonyl (C=O) groups is 2. The first-order valence-electron chi connectivity index (χ1n) is 10.8. The molecular weight excluding hydrogens is 454 g/mol. The predicted molar refractivity (Wildman–Crippen MR) is 136 cm³/mol. The average molecular weight is 480 g/mol. The van der Waals surface area contributed by atoms with Crippen LogP contribution in [0.5, 0.6) is 0 Å². The topological polar surface area (TPSA) is 61.4 Å². The third-order valence-corrected chi connectivity index (χ3v) is 7.34. The first-order chi connectivity index (χ1) is 15.9. The lowest BCUT2D eigenvalue weighted by Crippen LogP contribution is -2.49. The summed E-state index contributed by atoms with van der Waals surface area (Å²) in [4.78, 5) is 28.2. The van der Waals surface area contributed by atoms with Crippen molar-refractivity contribution in [3.63, 3.8) is 0 Å². The zero-order chi connectivity index (χ0) is 23.4. The minimum Gasteiger partial charge on any atom is -0.350 e. The van der Waals surface area contributed by atoms with Gasteiger partial charge in [-0.1, -0.05) is 60.1 Å². The summed E-state index contributed by atoms with van der Waals surface area (Å²) in [5, 5.41) is 6.38. The molecule has 1 saturated heterocycles. The zero-order valence-electron chi connectivity index (χ0n) is 18.5. The second-order valence-corrected chi connectivity index (χ2v) is 9.64. The minimum absolute atomic E-state index is 0.175. The molecule has 0 saturated carbocycles. The molecule has 0 bridgehead atoms. The van der Waals surface area contributed by atoms with Crippen LogP contribution in [0, 0.1) is 13.8 Å². The van der Waals surface area contributed by atoms with Crippen molar-refractivity contribution in [3.8, 4) is 0 Å². The highest BCUT2D eigenvalue weighted by atomic mass is 35.5. The fourth-order valence-electron chi connectivity index (χ4n) is 3.75. The number of urea groups is 1. The van der Waals surface area contributed by atoms with Crippen LogP contribution in [-0.2, 0) is 11.3 Å². The van der Waals surface area contributed by atoms with Crippen LogP contribution >= 0.6 is 23.4 Å². The van der Waals surface area contributed by atoms with Crippen LogP contribution in [0.4, 0.5) is 10.5 Å². The minimum atomic E-state index is -0.584. The quantitative estimate of drug-likeness (QED) is 0.477. The van der Waals surface area contributed by atoms with Crippen molar-refractivity contribution in [2.45, 2.75) is 31.8 Å². The van der Waals surface area contributed by atoms with Crippen molar-refractivity contribution < 1.29 is 9.59 Å². The van der Waals surface area contributed by atoms with Gasteiger partial charge < -0.3 is 10.6 Å². The Balaban J connectivity index is 1.54. The van der Waals surface area contributed by atoms with Gasteiger partial charge in [0, 0.05) is 23.0 Å². The van der Waals surface area contributed by atoms with Crippen LogP contribution in [-0.4, -0.2) is 28.6 Å². The third-order valence-electron chi connectivity index (χ3n) is 5.76. The molecule has 1 heterocycles. The van der Waals surface area contributed by atoms with Gasteiger partial charge in [-0.3, -0.25) is 9.69 Å². The van der Waals surface area contributed by atoms with E-state index in [-0.39, 0.29) is 17.3 Å². The summed E-state index contributed by atoms with van der Waals surface area (Å²) < 4.78 is 0. The average Bonchev–Trinajstić information content (AvgIpc) is 3.27. The van der Waals surface area contributed by atoms with Crippen molar-refractivity contribution in [3.05, 3.63) is 100 Å². The lowest BCUT2D eigenvalue weighted by molar-refractivity contribution is -0.124. The number of aryl methyl sites for hydroxylation is 2. The van der Waals surface area contributed by atoms with Crippen LogP contribution in [0.2, 0.25) is 5.02 Å². The molecule has 1 fully saturated rings. The van der Waals surface area contributed by atoms with Crippen molar-refractivity contribution >= 4 is 41.0 Å². The smallest absolute Gasteiger partial charge is 0.323 e. The van der Waals surface area contributed by atoms with Crippen LogP contribution < -0.4 is 10.6 Å². The maximum Gasteiger partial charge on any atom is 0.323 e. The maximum absolute atomic E-state index is 13.4. The number of hydrogen-bond donors (Lipinski definition) is 2. The molecule has 5 nitrogen and oxygen atoms in total. The Morgan fingerprint density at radius 2 is 1.73 bits per heavy atom. The second kappa shape index (κ2) is 10.3. The standard InChI is InChI=1S/C26H26ClN3O2S/c1-17-8-13-22(14-18(17)2)29-26(32)30-23(16-33-25(30)20-6-4-3-5-7-20)24(31)28-15-19-9-11-21(27)12-10-19/h3-14,23,25H,15-16H2,1-2H3,(H,28,31)(H,29,32)/t23-,25+/m0/s1. The van der Waals surface area contributed by atoms with E-state index in [1.807, 2.05) is 74.5 Å². The molecule has 3 aromatic carbocycles. The lowest BCUT2D eigenvalue weighted by Gasteiger charge is -2.29. The Morgan fingerprint density at radius 1 is 1.00 bits per heavy atom. The maximum atomic E-state index is 13.4. The van der Waals surface area contributed by atoms with E-state index in [2.05, 4.69) is 10.6 Å². The number of nitrogens with zero attached hydrogens (tertiary/aromatic N) is 1. The fraction of sp³-hybridized carbons (Fsp3) is 0.231. The van der Waals surface area contributed by atoms with Crippen LogP contribution in [0.1, 0.15) is 27.6 Å². The first kappa shape index (κ1) is 23.2. The van der Waals surface area contributed by atoms with E-state index < -0.39 is 6.04 Å². The number of amides is 3. The molecular formula is C26H26ClN3O2S. The molecule has 7 heteroatoms. The molecule has 0 spiro atoms. The van der Waals surface area contributed by atoms with Gasteiger partial charge in [0.25, 0.3) is 0 Å². The Morgan fingerprint density at radius 3 is 2.42 bits per heavy atom. The Hall–Kier alpha value is -2.96. The Labute approximate surface area is 203 Å². The van der Waals surface area contributed by atoms with Gasteiger partial charge in [-0.05, 0) is 60.4 Å². The number of halogens is 1. The van der Waals surface area contributed by atoms with E-state index >= 15 is 0 Å². The van der Waals surface area contributed by atoms with Crippen molar-refractivity contribution in [2.24, 2.45) is 0 Å². The van der Waals surface area contributed by atoms with Gasteiger partial charge in [-0.15, -0.1) is 11.8 Å². The molecule has 3 aromatic rings. The second-order valence-electron chi connectivity index (χ2n) is 8.09. The molecule has 2 N–H and O–H groups in total. The third kappa shape index (κ3) is 5.52. The summed E-state index contributed by atoms with van der Waals surface area (Å²) in [5.74, 6) is 0.345. The molecule has 2 atom stereocenters. The van der Waals surface area contributed by atoms with E-state index in [9.17, 15) is 9.59 Å². The molecule has 33 heavy (non-hydrogen) atoms. The van der Waals surface area contributed by atoms with E-state index in [4.69, 9.17) is 11.6 Å². The molecule has 0 aliphatic carbocycles. The number of hydrogen-bond acceptors (Lipinski definition) is 3. The largest absolute Gasteiger partial charge is 0.350 e. The number of nitrogens with one attached hydrogen (secondary N) is 2. The van der Waals surface area contributed by atoms with Gasteiger partial charge in [0.15, 0.2) is 0 Å². The number of benzene rings is 3. The van der Waals surface area contributed by atoms with E-state index in [0.29, 0.717) is 23.0 Å². The summed E-state index contributed by atoms with van der Waals surface area (Å²) in [6.07, 6.45) is 0. The van der Waals surface area contributed by atoms with Gasteiger partial charge in [-0.2, -0.15) is 0 Å². The summed E-state index contributed by atoms with van der Waals surface area (Å²) in [7, 11) is 0. The van der Waals surface area contributed by atoms with Gasteiger partial charge in [0.1, 0.15) is 11.4 Å². The zero-order valence-corrected chi connectivity index (χ0v) is 20.1. The fourth-order valence-corrected chi connectivity index (χ4v) is 5.30. The highest BCUT2D eigenvalue weighted by molar-refractivity contribution is 7.99. The molecule has 4 rings (SSSR count). The van der Waals surface area contributed by atoms with Gasteiger partial charge >= 0.3 is 6.03 Å². The highest BCUT2D eigenvalue weighted by Gasteiger charge is 2.42. The van der Waals surface area contributed by atoms with Gasteiger partial charge in [0.2, 0.25) is 5.91 Å². The summed E-state index contributed by atoms with van der Waals surface area (Å²) in [6, 6.07) is 22.1. The highest BCUT2D eigenvalue weighted by Crippen LogP contribution is 2.41. The van der Waals surface area contributed by atoms with E-state index in [0.717, 1.165) is 22.3 Å². The number of carbonyl (C=O) groups excluding carboxylic acids is 2. The van der Waals surface area contributed by atoms with E-state index in [1.54, 1.807) is 28.8 Å². The van der Waals surface area contributed by atoms with Gasteiger partial charge in [0.05, 0.1) is 0 Å². The Bertz CT molecular complexity index is 1140. The summed E-state index contributed by atoms with van der Waals surface area (Å²) in [5.41, 5.74) is 4.91. The SMILES string of the molecule is Cc1ccc(NC(=O)N2[C@@H](c3ccccc3)SC[C@H]2C(=O)NCc2ccc(Cl)cc2)cc1C. The number of thioether (sulfide) groups is 1. The van der Waals surface area contributed by atoms with Crippen molar-refractivity contribution in [1.29, 1.82) is 0 Å². The molecule has 170 valence electrons. The molecule has 3 amide bonds. The molecule has 0 radical (unpaired) electrons. The Kier molecular flexibility index (Phi) is 7.26. The molecule has 0 unspecified atom stereocenters. The number of rotatable bonds is 5. The van der Waals surface area contributed by atoms with Crippen LogP contribution in [0.25, 0.3) is 0 Å². The summed E-state index contributed by atoms with van der Waals surface area (Å²) in [6.45, 7) is 4.42. The van der Waals surface area contributed by atoms with Crippen LogP contribution in [0.15, 0.2) is 72.8 Å². The summed E-state index contributed by atoms with van der Waals surface area (Å²) >= 11 is 7.54. The molecule has 1 aliphatic rings. The predicted octanol–water partition coefficient (Wildman–Crippen LogP) is 5.92. The normalized spacial score (nSPS) is 17.6. The van der Waals surface area contributed by atoms with Crippen molar-refractivity contribution in [2.75, 3.05) is 11.1 Å². The van der Waals surface area contributed by atoms with Crippen LogP contribution in [0.3, 0.4) is 0 Å². The number of anilines is 1. The van der Waals surface area contributed by atoms with Crippen molar-refractivity contribution in [1.82, 2.24) is 10.2 Å². The van der Waals surface area contributed by atoms with E-state index in [1.165, 1.54) is 0 Å². The molecule has 0 aromatic heterocycles.